The molecular formula is C21H35N5O. The van der Waals surface area contributed by atoms with Crippen molar-refractivity contribution in [2.45, 2.75) is 58.9 Å². The fourth-order valence-electron chi connectivity index (χ4n) is 4.71. The molecule has 3 heterocycles. The summed E-state index contributed by atoms with van der Waals surface area (Å²) in [6.07, 6.45) is 5.21. The molecule has 0 unspecified atom stereocenters. The van der Waals surface area contributed by atoms with Gasteiger partial charge in [-0.3, -0.25) is 9.69 Å². The molecule has 6 nitrogen and oxygen atoms in total. The second kappa shape index (κ2) is 8.65. The predicted molar refractivity (Wildman–Crippen MR) is 108 cm³/mol. The van der Waals surface area contributed by atoms with E-state index < -0.39 is 0 Å². The number of amides is 1. The van der Waals surface area contributed by atoms with Crippen molar-refractivity contribution in [2.75, 3.05) is 39.8 Å². The highest BCUT2D eigenvalue weighted by Crippen LogP contribution is 2.43. The first-order valence-electron chi connectivity index (χ1n) is 10.4. The molecule has 0 bridgehead atoms. The molecule has 1 aromatic rings. The standard InChI is InChI=1S/C21H35N5O/c1-5-10-26-15-21(7-11-25(4)12-8-21)14-18(26)20(27)22-9-6-19-23-16(2)13-17(3)24-19/h13,18H,5-12,14-15H2,1-4H3,(H,22,27)/t18-/m1/s1. The van der Waals surface area contributed by atoms with Gasteiger partial charge in [0.25, 0.3) is 0 Å². The summed E-state index contributed by atoms with van der Waals surface area (Å²) in [6, 6.07) is 2.00. The first-order valence-corrected chi connectivity index (χ1v) is 10.4. The van der Waals surface area contributed by atoms with Crippen molar-refractivity contribution in [1.29, 1.82) is 0 Å². The Morgan fingerprint density at radius 2 is 1.93 bits per heavy atom. The van der Waals surface area contributed by atoms with Crippen LogP contribution in [-0.2, 0) is 11.2 Å². The minimum absolute atomic E-state index is 0.0218. The number of hydrogen-bond acceptors (Lipinski definition) is 5. The third-order valence-corrected chi connectivity index (χ3v) is 6.14. The van der Waals surface area contributed by atoms with E-state index in [4.69, 9.17) is 0 Å². The number of rotatable bonds is 6. The van der Waals surface area contributed by atoms with Gasteiger partial charge in [0.1, 0.15) is 5.82 Å². The topological polar surface area (TPSA) is 61.4 Å². The van der Waals surface area contributed by atoms with Gasteiger partial charge in [-0.2, -0.15) is 0 Å². The average Bonchev–Trinajstić information content (AvgIpc) is 2.96. The summed E-state index contributed by atoms with van der Waals surface area (Å²) in [5.41, 5.74) is 2.30. The van der Waals surface area contributed by atoms with Gasteiger partial charge in [-0.15, -0.1) is 0 Å². The zero-order chi connectivity index (χ0) is 19.4. The second-order valence-electron chi connectivity index (χ2n) is 8.60. The molecule has 150 valence electrons. The van der Waals surface area contributed by atoms with E-state index in [0.29, 0.717) is 18.4 Å². The molecule has 1 N–H and O–H groups in total. The Balaban J connectivity index is 1.57. The van der Waals surface area contributed by atoms with Gasteiger partial charge in [0, 0.05) is 30.9 Å². The number of likely N-dealkylation sites (tertiary alicyclic amines) is 2. The molecule has 0 saturated carbocycles. The number of nitrogens with zero attached hydrogens (tertiary/aromatic N) is 4. The lowest BCUT2D eigenvalue weighted by Crippen LogP contribution is -2.44. The Hall–Kier alpha value is -1.53. The Morgan fingerprint density at radius 3 is 2.56 bits per heavy atom. The molecule has 6 heteroatoms. The number of aryl methyl sites for hydroxylation is 2. The SMILES string of the molecule is CCCN1CC2(CCN(C)CC2)C[C@@H]1C(=O)NCCc1nc(C)cc(C)n1. The summed E-state index contributed by atoms with van der Waals surface area (Å²) in [5.74, 6) is 1.00. The van der Waals surface area contributed by atoms with Crippen LogP contribution in [0.1, 0.15) is 49.8 Å². The quantitative estimate of drug-likeness (QED) is 0.826. The van der Waals surface area contributed by atoms with Crippen LogP contribution in [0.3, 0.4) is 0 Å². The maximum absolute atomic E-state index is 12.9. The molecule has 27 heavy (non-hydrogen) atoms. The van der Waals surface area contributed by atoms with E-state index in [1.165, 1.54) is 12.8 Å². The first kappa shape index (κ1) is 20.2. The van der Waals surface area contributed by atoms with Gasteiger partial charge in [-0.1, -0.05) is 6.92 Å². The van der Waals surface area contributed by atoms with Gasteiger partial charge in [0.15, 0.2) is 0 Å². The molecule has 1 amide bonds. The van der Waals surface area contributed by atoms with Gasteiger partial charge < -0.3 is 10.2 Å². The normalized spacial score (nSPS) is 23.0. The molecule has 1 aromatic heterocycles. The van der Waals surface area contributed by atoms with Crippen LogP contribution in [0.4, 0.5) is 0 Å². The average molecular weight is 374 g/mol. The van der Waals surface area contributed by atoms with Crippen molar-refractivity contribution in [2.24, 2.45) is 5.41 Å². The lowest BCUT2D eigenvalue weighted by atomic mass is 9.76. The van der Waals surface area contributed by atoms with E-state index in [1.54, 1.807) is 0 Å². The highest BCUT2D eigenvalue weighted by atomic mass is 16.2. The summed E-state index contributed by atoms with van der Waals surface area (Å²) in [7, 11) is 2.20. The fraction of sp³-hybridized carbons (Fsp3) is 0.762. The van der Waals surface area contributed by atoms with E-state index >= 15 is 0 Å². The van der Waals surface area contributed by atoms with Crippen molar-refractivity contribution in [3.05, 3.63) is 23.3 Å². The Kier molecular flexibility index (Phi) is 6.48. The molecule has 1 spiro atoms. The van der Waals surface area contributed by atoms with Gasteiger partial charge in [-0.05, 0) is 77.7 Å². The smallest absolute Gasteiger partial charge is 0.237 e. The van der Waals surface area contributed by atoms with E-state index in [1.807, 2.05) is 19.9 Å². The monoisotopic (exact) mass is 373 g/mol. The lowest BCUT2D eigenvalue weighted by molar-refractivity contribution is -0.125. The largest absolute Gasteiger partial charge is 0.354 e. The molecule has 2 aliphatic heterocycles. The maximum Gasteiger partial charge on any atom is 0.237 e. The van der Waals surface area contributed by atoms with Gasteiger partial charge >= 0.3 is 0 Å². The molecule has 0 aromatic carbocycles. The minimum atomic E-state index is 0.0218. The van der Waals surface area contributed by atoms with Crippen LogP contribution < -0.4 is 5.32 Å². The third kappa shape index (κ3) is 5.05. The maximum atomic E-state index is 12.9. The summed E-state index contributed by atoms with van der Waals surface area (Å²) in [5, 5.41) is 3.16. The molecule has 0 aliphatic carbocycles. The van der Waals surface area contributed by atoms with Gasteiger partial charge in [-0.25, -0.2) is 9.97 Å². The lowest BCUT2D eigenvalue weighted by Gasteiger charge is -2.37. The predicted octanol–water partition coefficient (Wildman–Crippen LogP) is 1.95. The Bertz CT molecular complexity index is 634. The number of hydrogen-bond donors (Lipinski definition) is 1. The summed E-state index contributed by atoms with van der Waals surface area (Å²) >= 11 is 0. The molecule has 0 radical (unpaired) electrons. The molecule has 2 saturated heterocycles. The van der Waals surface area contributed by atoms with E-state index in [-0.39, 0.29) is 11.9 Å². The van der Waals surface area contributed by atoms with Crippen LogP contribution >= 0.6 is 0 Å². The first-order chi connectivity index (χ1) is 12.9. The highest BCUT2D eigenvalue weighted by molar-refractivity contribution is 5.82. The van der Waals surface area contributed by atoms with Crippen LogP contribution in [0.15, 0.2) is 6.07 Å². The number of piperidine rings is 1. The molecular weight excluding hydrogens is 338 g/mol. The zero-order valence-corrected chi connectivity index (χ0v) is 17.4. The molecule has 2 aliphatic rings. The van der Waals surface area contributed by atoms with Crippen molar-refractivity contribution in [3.63, 3.8) is 0 Å². The summed E-state index contributed by atoms with van der Waals surface area (Å²) in [6.45, 7) is 11.2. The van der Waals surface area contributed by atoms with E-state index in [2.05, 4.69) is 39.1 Å². The van der Waals surface area contributed by atoms with E-state index in [0.717, 1.165) is 56.2 Å². The minimum Gasteiger partial charge on any atom is -0.354 e. The van der Waals surface area contributed by atoms with Crippen LogP contribution in [0, 0.1) is 19.3 Å². The number of carbonyl (C=O) groups is 1. The van der Waals surface area contributed by atoms with Crippen molar-refractivity contribution >= 4 is 5.91 Å². The zero-order valence-electron chi connectivity index (χ0n) is 17.4. The summed E-state index contributed by atoms with van der Waals surface area (Å²) < 4.78 is 0. The third-order valence-electron chi connectivity index (χ3n) is 6.14. The Morgan fingerprint density at radius 1 is 1.26 bits per heavy atom. The highest BCUT2D eigenvalue weighted by Gasteiger charge is 2.47. The van der Waals surface area contributed by atoms with Crippen LogP contribution in [-0.4, -0.2) is 71.5 Å². The summed E-state index contributed by atoms with van der Waals surface area (Å²) in [4.78, 5) is 26.7. The van der Waals surface area contributed by atoms with Crippen molar-refractivity contribution in [1.82, 2.24) is 25.1 Å². The van der Waals surface area contributed by atoms with Gasteiger partial charge in [0.05, 0.1) is 6.04 Å². The molecule has 3 rings (SSSR count). The second-order valence-corrected chi connectivity index (χ2v) is 8.60. The number of aromatic nitrogens is 2. The van der Waals surface area contributed by atoms with Crippen molar-refractivity contribution < 1.29 is 4.79 Å². The Labute approximate surface area is 163 Å². The van der Waals surface area contributed by atoms with Crippen LogP contribution in [0.5, 0.6) is 0 Å². The van der Waals surface area contributed by atoms with Crippen LogP contribution in [0.25, 0.3) is 0 Å². The molecule has 1 atom stereocenters. The van der Waals surface area contributed by atoms with Crippen LogP contribution in [0.2, 0.25) is 0 Å². The number of carbonyl (C=O) groups excluding carboxylic acids is 1. The van der Waals surface area contributed by atoms with Crippen molar-refractivity contribution in [3.8, 4) is 0 Å². The molecule has 2 fully saturated rings. The number of nitrogens with one attached hydrogen (secondary N) is 1. The van der Waals surface area contributed by atoms with E-state index in [9.17, 15) is 4.79 Å². The fourth-order valence-corrected chi connectivity index (χ4v) is 4.71. The van der Waals surface area contributed by atoms with Gasteiger partial charge in [0.2, 0.25) is 5.91 Å².